The molecule has 0 aliphatic carbocycles. The maximum atomic E-state index is 11.9. The highest BCUT2D eigenvalue weighted by atomic mass is 35.5. The molecule has 0 radical (unpaired) electrons. The van der Waals surface area contributed by atoms with Crippen molar-refractivity contribution in [1.29, 1.82) is 0 Å². The van der Waals surface area contributed by atoms with E-state index in [2.05, 4.69) is 50.7 Å². The Kier molecular flexibility index (Phi) is 14.3. The second kappa shape index (κ2) is 19.3. The molecule has 0 fully saturated rings. The van der Waals surface area contributed by atoms with Gasteiger partial charge in [-0.15, -0.1) is 0 Å². The zero-order chi connectivity index (χ0) is 39.4. The molecule has 11 heteroatoms. The minimum absolute atomic E-state index is 0.190. The van der Waals surface area contributed by atoms with Crippen LogP contribution in [0.1, 0.15) is 67.5 Å². The van der Waals surface area contributed by atoms with Crippen molar-refractivity contribution in [2.24, 2.45) is 5.73 Å². The van der Waals surface area contributed by atoms with Gasteiger partial charge in [0.15, 0.2) is 11.6 Å². The quantitative estimate of drug-likeness (QED) is 0.0822. The van der Waals surface area contributed by atoms with Crippen LogP contribution in [0.5, 0.6) is 0 Å². The number of ether oxygens (including phenoxy) is 1. The molecule has 6 rings (SSSR count). The molecule has 0 unspecified atom stereocenters. The average molecular weight is 777 g/mol. The standard InChI is InChI=1S/C25H28ClN3O2.C19H19ClN4/c1-17-7-13-21-20(16-17)24(27-15-5-6-23(30)31-25(2,3)4)29-22(28-21)14-10-18-8-11-19(26)12-9-18;1-13-2-8-17-16(12-13)19(22-11-10-21)24-18(23-17)9-5-14-3-6-15(20)7-4-14/h7-14,16H,5-6,15H2,1-4H3,(H,27,28,29);2-9,12H,10-11,21H2,1H3,(H,22,23,24)/b14-10+;9-5+. The number of hydrogen-bond donors (Lipinski definition) is 3. The van der Waals surface area contributed by atoms with E-state index in [9.17, 15) is 4.79 Å². The summed E-state index contributed by atoms with van der Waals surface area (Å²) in [7, 11) is 0. The number of benzene rings is 4. The second-order valence-corrected chi connectivity index (χ2v) is 14.9. The Labute approximate surface area is 333 Å². The van der Waals surface area contributed by atoms with Crippen LogP contribution in [0.2, 0.25) is 10.0 Å². The van der Waals surface area contributed by atoms with E-state index in [1.54, 1.807) is 0 Å². The predicted molar refractivity (Wildman–Crippen MR) is 230 cm³/mol. The molecule has 0 spiro atoms. The van der Waals surface area contributed by atoms with Crippen LogP contribution in [0, 0.1) is 13.8 Å². The molecule has 0 atom stereocenters. The van der Waals surface area contributed by atoms with Gasteiger partial charge in [-0.3, -0.25) is 4.79 Å². The van der Waals surface area contributed by atoms with Crippen molar-refractivity contribution in [3.05, 3.63) is 129 Å². The highest BCUT2D eigenvalue weighted by molar-refractivity contribution is 6.30. The van der Waals surface area contributed by atoms with Crippen LogP contribution in [0.25, 0.3) is 46.1 Å². The minimum atomic E-state index is -0.462. The summed E-state index contributed by atoms with van der Waals surface area (Å²) < 4.78 is 5.37. The first-order chi connectivity index (χ1) is 26.3. The molecular formula is C44H47Cl2N7O2. The molecule has 4 N–H and O–H groups in total. The fraction of sp³-hybridized carbons (Fsp3) is 0.250. The van der Waals surface area contributed by atoms with Gasteiger partial charge in [0.05, 0.1) is 11.0 Å². The molecule has 284 valence electrons. The third-order valence-electron chi connectivity index (χ3n) is 8.03. The number of carbonyl (C=O) groups is 1. The number of fused-ring (bicyclic) bond motifs is 2. The van der Waals surface area contributed by atoms with Crippen LogP contribution in [0.4, 0.5) is 11.6 Å². The number of nitrogens with one attached hydrogen (secondary N) is 2. The summed E-state index contributed by atoms with van der Waals surface area (Å²) in [6.07, 6.45) is 8.72. The van der Waals surface area contributed by atoms with Gasteiger partial charge in [0.25, 0.3) is 0 Å². The number of halogens is 2. The van der Waals surface area contributed by atoms with Gasteiger partial charge in [0.1, 0.15) is 17.2 Å². The van der Waals surface area contributed by atoms with Crippen molar-refractivity contribution in [2.45, 2.75) is 53.1 Å². The van der Waals surface area contributed by atoms with Crippen LogP contribution in [-0.2, 0) is 9.53 Å². The molecule has 9 nitrogen and oxygen atoms in total. The number of esters is 1. The highest BCUT2D eigenvalue weighted by Gasteiger charge is 2.16. The largest absolute Gasteiger partial charge is 0.460 e. The molecule has 2 aromatic heterocycles. The Morgan fingerprint density at radius 3 is 1.56 bits per heavy atom. The lowest BCUT2D eigenvalue weighted by atomic mass is 10.1. The minimum Gasteiger partial charge on any atom is -0.460 e. The van der Waals surface area contributed by atoms with Crippen LogP contribution in [0.3, 0.4) is 0 Å². The number of nitrogens with zero attached hydrogens (tertiary/aromatic N) is 4. The zero-order valence-electron chi connectivity index (χ0n) is 31.9. The van der Waals surface area contributed by atoms with Crippen molar-refractivity contribution >= 4 is 86.9 Å². The Balaban J connectivity index is 0.000000218. The maximum absolute atomic E-state index is 11.9. The van der Waals surface area contributed by atoms with Crippen LogP contribution in [-0.4, -0.2) is 51.1 Å². The van der Waals surface area contributed by atoms with Gasteiger partial charge in [-0.1, -0.05) is 82.9 Å². The van der Waals surface area contributed by atoms with Crippen molar-refractivity contribution in [3.8, 4) is 0 Å². The van der Waals surface area contributed by atoms with E-state index in [0.717, 1.165) is 55.2 Å². The van der Waals surface area contributed by atoms with Gasteiger partial charge >= 0.3 is 5.97 Å². The first kappa shape index (κ1) is 40.8. The normalized spacial score (nSPS) is 11.6. The molecule has 2 heterocycles. The Morgan fingerprint density at radius 2 is 1.13 bits per heavy atom. The third-order valence-corrected chi connectivity index (χ3v) is 8.54. The van der Waals surface area contributed by atoms with E-state index in [1.165, 1.54) is 5.56 Å². The fourth-order valence-electron chi connectivity index (χ4n) is 5.45. The number of anilines is 2. The highest BCUT2D eigenvalue weighted by Crippen LogP contribution is 2.24. The van der Waals surface area contributed by atoms with Crippen LogP contribution < -0.4 is 16.4 Å². The molecule has 55 heavy (non-hydrogen) atoms. The predicted octanol–water partition coefficient (Wildman–Crippen LogP) is 10.4. The molecule has 0 bridgehead atoms. The van der Waals surface area contributed by atoms with Gasteiger partial charge in [-0.2, -0.15) is 0 Å². The molecule has 4 aromatic carbocycles. The number of rotatable bonds is 12. The lowest BCUT2D eigenvalue weighted by Gasteiger charge is -2.19. The monoisotopic (exact) mass is 775 g/mol. The molecule has 6 aromatic rings. The smallest absolute Gasteiger partial charge is 0.306 e. The van der Waals surface area contributed by atoms with Gasteiger partial charge in [0, 0.05) is 46.9 Å². The first-order valence-corrected chi connectivity index (χ1v) is 18.9. The molecule has 0 saturated carbocycles. The van der Waals surface area contributed by atoms with Crippen molar-refractivity contribution in [1.82, 2.24) is 19.9 Å². The first-order valence-electron chi connectivity index (χ1n) is 18.2. The summed E-state index contributed by atoms with van der Waals surface area (Å²) in [6, 6.07) is 27.5. The topological polar surface area (TPSA) is 128 Å². The van der Waals surface area contributed by atoms with Crippen molar-refractivity contribution in [2.75, 3.05) is 30.3 Å². The SMILES string of the molecule is Cc1ccc2nc(/C=C/c3ccc(Cl)cc3)nc(NCCCC(=O)OC(C)(C)C)c2c1.Cc1ccc2nc(/C=C/c3ccc(Cl)cc3)nc(NCCN)c2c1. The van der Waals surface area contributed by atoms with Gasteiger partial charge in [-0.05, 0) is 113 Å². The van der Waals surface area contributed by atoms with E-state index in [4.69, 9.17) is 38.7 Å². The number of hydrogen-bond acceptors (Lipinski definition) is 9. The van der Waals surface area contributed by atoms with Gasteiger partial charge in [0.2, 0.25) is 0 Å². The lowest BCUT2D eigenvalue weighted by molar-refractivity contribution is -0.154. The number of aryl methyl sites for hydroxylation is 2. The zero-order valence-corrected chi connectivity index (χ0v) is 33.4. The van der Waals surface area contributed by atoms with E-state index in [1.807, 2.05) is 119 Å². The van der Waals surface area contributed by atoms with Gasteiger partial charge in [-0.25, -0.2) is 19.9 Å². The second-order valence-electron chi connectivity index (χ2n) is 14.0. The van der Waals surface area contributed by atoms with E-state index >= 15 is 0 Å². The van der Waals surface area contributed by atoms with Gasteiger partial charge < -0.3 is 21.1 Å². The fourth-order valence-corrected chi connectivity index (χ4v) is 5.70. The Hall–Kier alpha value is -5.35. The molecule has 0 aliphatic rings. The van der Waals surface area contributed by atoms with Crippen molar-refractivity contribution < 1.29 is 9.53 Å². The number of aromatic nitrogens is 4. The molecule has 0 amide bonds. The summed E-state index contributed by atoms with van der Waals surface area (Å²) >= 11 is 11.9. The summed E-state index contributed by atoms with van der Waals surface area (Å²) in [5.41, 5.74) is 11.3. The summed E-state index contributed by atoms with van der Waals surface area (Å²) in [4.78, 5) is 30.5. The lowest BCUT2D eigenvalue weighted by Crippen LogP contribution is -2.24. The average Bonchev–Trinajstić information content (AvgIpc) is 3.15. The van der Waals surface area contributed by atoms with Crippen LogP contribution in [0.15, 0.2) is 84.9 Å². The third kappa shape index (κ3) is 12.9. The maximum Gasteiger partial charge on any atom is 0.306 e. The van der Waals surface area contributed by atoms with E-state index in [0.29, 0.717) is 49.1 Å². The number of carbonyl (C=O) groups excluding carboxylic acids is 1. The Morgan fingerprint density at radius 1 is 0.673 bits per heavy atom. The van der Waals surface area contributed by atoms with Crippen LogP contribution >= 0.6 is 23.2 Å². The molecule has 0 aliphatic heterocycles. The molecular weight excluding hydrogens is 729 g/mol. The molecule has 0 saturated heterocycles. The summed E-state index contributed by atoms with van der Waals surface area (Å²) in [5.74, 6) is 2.64. The Bertz CT molecular complexity index is 2280. The summed E-state index contributed by atoms with van der Waals surface area (Å²) in [5, 5.41) is 10.0. The van der Waals surface area contributed by atoms with Crippen molar-refractivity contribution in [3.63, 3.8) is 0 Å². The van der Waals surface area contributed by atoms with E-state index in [-0.39, 0.29) is 5.97 Å². The number of nitrogens with two attached hydrogens (primary N) is 1. The van der Waals surface area contributed by atoms with E-state index < -0.39 is 5.60 Å². The summed E-state index contributed by atoms with van der Waals surface area (Å²) in [6.45, 7) is 11.5.